The molecule has 13 heteroatoms. The van der Waals surface area contributed by atoms with Crippen molar-refractivity contribution in [1.82, 2.24) is 38.9 Å². The van der Waals surface area contributed by atoms with Crippen LogP contribution in [0.3, 0.4) is 0 Å². The summed E-state index contributed by atoms with van der Waals surface area (Å²) in [6, 6.07) is 9.24. The molecule has 1 atom stereocenters. The second kappa shape index (κ2) is 12.8. The van der Waals surface area contributed by atoms with E-state index >= 15 is 0 Å². The molecule has 5 aromatic rings. The maximum absolute atomic E-state index is 13.9. The van der Waals surface area contributed by atoms with E-state index in [1.54, 1.807) is 36.3 Å². The molecule has 1 N–H and O–H groups in total. The van der Waals surface area contributed by atoms with Crippen molar-refractivity contribution < 1.29 is 23.1 Å². The van der Waals surface area contributed by atoms with E-state index in [1.807, 2.05) is 23.8 Å². The lowest BCUT2D eigenvalue weighted by Gasteiger charge is -2.31. The number of benzene rings is 1. The monoisotopic (exact) mass is 670 g/mol. The molecule has 1 aliphatic carbocycles. The SMILES string of the molecule is Cn1c(-c2cc3cccc(/C=C/Cn4cnc(F)c4)c3n2CC2CC2)nc2cc3c(nc21)CCN(C[C@@H](CF)NC(=O)OC(C)(C)C)C3=O. The van der Waals surface area contributed by atoms with Crippen molar-refractivity contribution in [2.45, 2.75) is 64.8 Å². The number of aromatic nitrogens is 6. The highest BCUT2D eigenvalue weighted by atomic mass is 19.1. The van der Waals surface area contributed by atoms with Gasteiger partial charge < -0.3 is 28.7 Å². The van der Waals surface area contributed by atoms with Gasteiger partial charge in [0, 0.05) is 45.0 Å². The van der Waals surface area contributed by atoms with Crippen LogP contribution in [0, 0.1) is 11.9 Å². The fraction of sp³-hybridized carbons (Fsp3) is 0.417. The lowest BCUT2D eigenvalue weighted by atomic mass is 10.0. The minimum absolute atomic E-state index is 0.0107. The molecule has 49 heavy (non-hydrogen) atoms. The molecule has 0 radical (unpaired) electrons. The number of alkyl halides is 1. The van der Waals surface area contributed by atoms with Crippen LogP contribution in [-0.4, -0.2) is 77.0 Å². The van der Waals surface area contributed by atoms with E-state index in [0.29, 0.717) is 47.8 Å². The topological polar surface area (TPSA) is 112 Å². The molecule has 5 heterocycles. The van der Waals surface area contributed by atoms with Gasteiger partial charge in [-0.2, -0.15) is 4.39 Å². The third-order valence-electron chi connectivity index (χ3n) is 8.94. The number of carbonyl (C=O) groups is 2. The van der Waals surface area contributed by atoms with Crippen molar-refractivity contribution in [3.63, 3.8) is 0 Å². The van der Waals surface area contributed by atoms with Crippen LogP contribution < -0.4 is 5.32 Å². The summed E-state index contributed by atoms with van der Waals surface area (Å²) in [5, 5.41) is 3.63. The Kier molecular flexibility index (Phi) is 8.45. The number of aryl methyl sites for hydroxylation is 1. The number of nitrogens with one attached hydrogen (secondary N) is 1. The molecule has 0 saturated heterocycles. The smallest absolute Gasteiger partial charge is 0.408 e. The van der Waals surface area contributed by atoms with Gasteiger partial charge in [-0.05, 0) is 57.2 Å². The second-order valence-corrected chi connectivity index (χ2v) is 14.0. The van der Waals surface area contributed by atoms with Gasteiger partial charge in [-0.1, -0.05) is 30.4 Å². The van der Waals surface area contributed by atoms with Crippen molar-refractivity contribution in [2.24, 2.45) is 13.0 Å². The van der Waals surface area contributed by atoms with E-state index in [-0.39, 0.29) is 12.5 Å². The zero-order valence-corrected chi connectivity index (χ0v) is 28.1. The van der Waals surface area contributed by atoms with Crippen LogP contribution in [0.4, 0.5) is 13.6 Å². The number of nitrogens with zero attached hydrogens (tertiary/aromatic N) is 7. The van der Waals surface area contributed by atoms with Crippen LogP contribution in [0.5, 0.6) is 0 Å². The highest BCUT2D eigenvalue weighted by molar-refractivity contribution is 5.99. The van der Waals surface area contributed by atoms with Crippen LogP contribution in [0.2, 0.25) is 0 Å². The van der Waals surface area contributed by atoms with E-state index in [1.165, 1.54) is 25.4 Å². The number of alkyl carbamates (subject to hydrolysis) is 1. The van der Waals surface area contributed by atoms with Crippen molar-refractivity contribution in [1.29, 1.82) is 0 Å². The molecule has 4 aromatic heterocycles. The summed E-state index contributed by atoms with van der Waals surface area (Å²) < 4.78 is 38.6. The Morgan fingerprint density at radius 2 is 2.02 bits per heavy atom. The van der Waals surface area contributed by atoms with Gasteiger partial charge in [0.2, 0.25) is 5.95 Å². The summed E-state index contributed by atoms with van der Waals surface area (Å²) >= 11 is 0. The molecule has 1 fully saturated rings. The summed E-state index contributed by atoms with van der Waals surface area (Å²) in [6.07, 6.45) is 9.02. The lowest BCUT2D eigenvalue weighted by Crippen LogP contribution is -2.50. The number of para-hydroxylation sites is 1. The van der Waals surface area contributed by atoms with E-state index in [9.17, 15) is 18.4 Å². The number of hydrogen-bond acceptors (Lipinski definition) is 6. The number of ether oxygens (including phenoxy) is 1. The number of allylic oxidation sites excluding steroid dienone is 1. The Hall–Kier alpha value is -5.07. The Morgan fingerprint density at radius 1 is 1.20 bits per heavy atom. The standard InChI is InChI=1S/C36H40F2N8O3/c1-36(2,3)49-35(48)40-25(17-37)19-45-14-12-27-26(34(45)47)16-28-32(41-27)43(4)33(42-28)29-15-24-8-5-7-23(31(24)46(29)18-22-10-11-22)9-6-13-44-20-30(38)39-21-44/h5-9,15-16,20-22,25H,10-14,17-19H2,1-4H3,(H,40,48)/b9-6+/t25-/m1/s1. The van der Waals surface area contributed by atoms with Crippen LogP contribution in [0.15, 0.2) is 48.9 Å². The summed E-state index contributed by atoms with van der Waals surface area (Å²) in [6.45, 7) is 6.07. The van der Waals surface area contributed by atoms with Gasteiger partial charge >= 0.3 is 6.09 Å². The maximum Gasteiger partial charge on any atom is 0.408 e. The molecule has 1 aliphatic heterocycles. The highest BCUT2D eigenvalue weighted by Crippen LogP contribution is 2.38. The molecule has 1 aromatic carbocycles. The van der Waals surface area contributed by atoms with Gasteiger partial charge in [-0.3, -0.25) is 4.79 Å². The fourth-order valence-electron chi connectivity index (χ4n) is 6.47. The van der Waals surface area contributed by atoms with Crippen molar-refractivity contribution >= 4 is 40.1 Å². The van der Waals surface area contributed by atoms with Gasteiger partial charge in [0.15, 0.2) is 11.5 Å². The molecule has 0 spiro atoms. The third kappa shape index (κ3) is 6.79. The Balaban J connectivity index is 1.19. The normalized spacial score (nSPS) is 15.8. The summed E-state index contributed by atoms with van der Waals surface area (Å²) in [4.78, 5) is 41.1. The lowest BCUT2D eigenvalue weighted by molar-refractivity contribution is 0.0465. The van der Waals surface area contributed by atoms with Crippen LogP contribution >= 0.6 is 0 Å². The number of rotatable bonds is 10. The zero-order chi connectivity index (χ0) is 34.4. The Labute approximate surface area is 282 Å². The third-order valence-corrected chi connectivity index (χ3v) is 8.94. The first-order valence-corrected chi connectivity index (χ1v) is 16.6. The van der Waals surface area contributed by atoms with Gasteiger partial charge in [-0.15, -0.1) is 0 Å². The first-order chi connectivity index (χ1) is 23.5. The molecule has 1 saturated carbocycles. The second-order valence-electron chi connectivity index (χ2n) is 14.0. The molecule has 0 unspecified atom stereocenters. The van der Waals surface area contributed by atoms with Gasteiger partial charge in [-0.25, -0.2) is 24.1 Å². The number of imidazole rings is 2. The summed E-state index contributed by atoms with van der Waals surface area (Å²) in [5.41, 5.74) is 4.77. The van der Waals surface area contributed by atoms with Gasteiger partial charge in [0.05, 0.1) is 41.0 Å². The number of pyridine rings is 1. The summed E-state index contributed by atoms with van der Waals surface area (Å²) in [5.74, 6) is 0.553. The van der Waals surface area contributed by atoms with Crippen molar-refractivity contribution in [3.8, 4) is 11.5 Å². The number of fused-ring (bicyclic) bond motifs is 3. The fourth-order valence-corrected chi connectivity index (χ4v) is 6.47. The van der Waals surface area contributed by atoms with Crippen LogP contribution in [0.1, 0.15) is 55.2 Å². The first-order valence-electron chi connectivity index (χ1n) is 16.6. The first kappa shape index (κ1) is 32.5. The molecule has 7 rings (SSSR count). The minimum atomic E-state index is -0.902. The van der Waals surface area contributed by atoms with Gasteiger partial charge in [0.25, 0.3) is 5.91 Å². The number of hydrogen-bond donors (Lipinski definition) is 1. The predicted octanol–water partition coefficient (Wildman–Crippen LogP) is 5.91. The molecular formula is C36H40F2N8O3. The Morgan fingerprint density at radius 3 is 2.73 bits per heavy atom. The largest absolute Gasteiger partial charge is 0.444 e. The number of carbonyl (C=O) groups excluding carboxylic acids is 2. The van der Waals surface area contributed by atoms with Crippen molar-refractivity contribution in [2.75, 3.05) is 19.8 Å². The highest BCUT2D eigenvalue weighted by Gasteiger charge is 2.31. The predicted molar refractivity (Wildman–Crippen MR) is 182 cm³/mol. The van der Waals surface area contributed by atoms with E-state index in [4.69, 9.17) is 14.7 Å². The Bertz CT molecular complexity index is 2080. The average Bonchev–Trinajstić information content (AvgIpc) is 3.53. The quantitative estimate of drug-likeness (QED) is 0.198. The summed E-state index contributed by atoms with van der Waals surface area (Å²) in [7, 11) is 1.94. The van der Waals surface area contributed by atoms with Crippen LogP contribution in [0.25, 0.3) is 39.7 Å². The average molecular weight is 671 g/mol. The van der Waals surface area contributed by atoms with Gasteiger partial charge in [0.1, 0.15) is 17.8 Å². The van der Waals surface area contributed by atoms with E-state index in [2.05, 4.69) is 39.1 Å². The van der Waals surface area contributed by atoms with E-state index < -0.39 is 30.4 Å². The zero-order valence-electron chi connectivity index (χ0n) is 28.1. The number of halogens is 2. The molecular weight excluding hydrogens is 630 g/mol. The van der Waals surface area contributed by atoms with E-state index in [0.717, 1.165) is 34.5 Å². The minimum Gasteiger partial charge on any atom is -0.444 e. The number of amides is 2. The molecule has 11 nitrogen and oxygen atoms in total. The molecule has 2 amide bonds. The molecule has 256 valence electrons. The maximum atomic E-state index is 13.9. The van der Waals surface area contributed by atoms with Crippen LogP contribution in [-0.2, 0) is 31.3 Å². The van der Waals surface area contributed by atoms with Crippen molar-refractivity contribution in [3.05, 3.63) is 71.7 Å². The molecule has 2 aliphatic rings. The molecule has 0 bridgehead atoms.